The van der Waals surface area contributed by atoms with E-state index in [1.807, 2.05) is 31.2 Å². The van der Waals surface area contributed by atoms with Crippen molar-refractivity contribution in [3.8, 4) is 0 Å². The largest absolute Gasteiger partial charge is 0.390 e. The maximum Gasteiger partial charge on any atom is 0.240 e. The van der Waals surface area contributed by atoms with Crippen molar-refractivity contribution in [2.45, 2.75) is 42.4 Å². The van der Waals surface area contributed by atoms with E-state index < -0.39 is 28.3 Å². The number of hydrogen-bond acceptors (Lipinski definition) is 4. The monoisotopic (exact) mass is 347 g/mol. The third-order valence-electron chi connectivity index (χ3n) is 4.62. The minimum atomic E-state index is -3.77. The molecule has 1 aliphatic carbocycles. The average Bonchev–Trinajstić information content (AvgIpc) is 2.84. The van der Waals surface area contributed by atoms with Crippen LogP contribution in [0, 0.1) is 6.92 Å². The molecule has 24 heavy (non-hydrogen) atoms. The summed E-state index contributed by atoms with van der Waals surface area (Å²) < 4.78 is 27.8. The number of hydrogen-bond donors (Lipinski definition) is 3. The van der Waals surface area contributed by atoms with Crippen LogP contribution in [0.2, 0.25) is 0 Å². The summed E-state index contributed by atoms with van der Waals surface area (Å²) in [4.78, 5) is 0.141. The van der Waals surface area contributed by atoms with Crippen LogP contribution in [0.4, 0.5) is 0 Å². The molecule has 0 radical (unpaired) electrons. The highest BCUT2D eigenvalue weighted by atomic mass is 32.2. The zero-order chi connectivity index (χ0) is 17.3. The Kier molecular flexibility index (Phi) is 4.73. The van der Waals surface area contributed by atoms with Gasteiger partial charge in [-0.1, -0.05) is 42.5 Å². The molecule has 0 spiro atoms. The number of benzene rings is 2. The number of aliphatic hydroxyl groups excluding tert-OH is 2. The Morgan fingerprint density at radius 2 is 1.62 bits per heavy atom. The van der Waals surface area contributed by atoms with Gasteiger partial charge in [-0.15, -0.1) is 0 Å². The van der Waals surface area contributed by atoms with Gasteiger partial charge in [-0.05, 0) is 36.6 Å². The molecule has 2 aromatic carbocycles. The van der Waals surface area contributed by atoms with Crippen molar-refractivity contribution in [1.82, 2.24) is 4.72 Å². The lowest BCUT2D eigenvalue weighted by molar-refractivity contribution is 0.0338. The first kappa shape index (κ1) is 17.1. The van der Waals surface area contributed by atoms with E-state index in [9.17, 15) is 18.6 Å². The predicted octanol–water partition coefficient (Wildman–Crippen LogP) is 1.55. The SMILES string of the molecule is Cc1ccccc1[C@H]1C[C@@H](O)[C@@H](O)[C@@H]1NS(=O)(=O)c1ccccc1. The maximum atomic E-state index is 12.6. The number of sulfonamides is 1. The Morgan fingerprint density at radius 3 is 2.29 bits per heavy atom. The summed E-state index contributed by atoms with van der Waals surface area (Å²) in [5.74, 6) is -0.283. The highest BCUT2D eigenvalue weighted by Gasteiger charge is 2.44. The van der Waals surface area contributed by atoms with Gasteiger partial charge in [0.25, 0.3) is 0 Å². The fourth-order valence-electron chi connectivity index (χ4n) is 3.35. The summed E-state index contributed by atoms with van der Waals surface area (Å²) in [5.41, 5.74) is 1.95. The van der Waals surface area contributed by atoms with Crippen molar-refractivity contribution in [3.63, 3.8) is 0 Å². The second kappa shape index (κ2) is 6.64. The van der Waals surface area contributed by atoms with Gasteiger partial charge in [-0.3, -0.25) is 0 Å². The molecule has 2 aromatic rings. The molecular weight excluding hydrogens is 326 g/mol. The van der Waals surface area contributed by atoms with Crippen LogP contribution >= 0.6 is 0 Å². The number of nitrogens with one attached hydrogen (secondary N) is 1. The van der Waals surface area contributed by atoms with Gasteiger partial charge in [0.2, 0.25) is 10.0 Å². The number of aryl methyl sites for hydroxylation is 1. The lowest BCUT2D eigenvalue weighted by Crippen LogP contribution is -2.45. The minimum absolute atomic E-state index is 0.141. The minimum Gasteiger partial charge on any atom is -0.390 e. The van der Waals surface area contributed by atoms with E-state index in [4.69, 9.17) is 0 Å². The van der Waals surface area contributed by atoms with Crippen molar-refractivity contribution < 1.29 is 18.6 Å². The molecule has 3 N–H and O–H groups in total. The molecule has 6 heteroatoms. The van der Waals surface area contributed by atoms with E-state index in [-0.39, 0.29) is 10.8 Å². The van der Waals surface area contributed by atoms with Gasteiger partial charge in [-0.2, -0.15) is 0 Å². The third kappa shape index (κ3) is 3.23. The fraction of sp³-hybridized carbons (Fsp3) is 0.333. The van der Waals surface area contributed by atoms with Crippen LogP contribution in [0.3, 0.4) is 0 Å². The van der Waals surface area contributed by atoms with Crippen LogP contribution in [0.25, 0.3) is 0 Å². The Morgan fingerprint density at radius 1 is 1.00 bits per heavy atom. The Hall–Kier alpha value is -1.73. The first-order valence-corrected chi connectivity index (χ1v) is 9.37. The molecule has 1 saturated carbocycles. The Bertz CT molecular complexity index is 807. The van der Waals surface area contributed by atoms with E-state index in [0.29, 0.717) is 6.42 Å². The molecule has 0 heterocycles. The van der Waals surface area contributed by atoms with Gasteiger partial charge in [-0.25, -0.2) is 13.1 Å². The molecule has 0 unspecified atom stereocenters. The zero-order valence-corrected chi connectivity index (χ0v) is 14.1. The van der Waals surface area contributed by atoms with E-state index in [1.165, 1.54) is 12.1 Å². The van der Waals surface area contributed by atoms with Gasteiger partial charge in [0.1, 0.15) is 0 Å². The lowest BCUT2D eigenvalue weighted by atomic mass is 9.91. The van der Waals surface area contributed by atoms with E-state index >= 15 is 0 Å². The second-order valence-corrected chi connectivity index (χ2v) is 7.93. The van der Waals surface area contributed by atoms with E-state index in [1.54, 1.807) is 18.2 Å². The van der Waals surface area contributed by atoms with Crippen molar-refractivity contribution >= 4 is 10.0 Å². The third-order valence-corrected chi connectivity index (χ3v) is 6.10. The van der Waals surface area contributed by atoms with Crippen LogP contribution in [-0.4, -0.2) is 36.9 Å². The first-order chi connectivity index (χ1) is 11.4. The lowest BCUT2D eigenvalue weighted by Gasteiger charge is -2.24. The number of aliphatic hydroxyl groups is 2. The zero-order valence-electron chi connectivity index (χ0n) is 13.3. The van der Waals surface area contributed by atoms with E-state index in [0.717, 1.165) is 11.1 Å². The van der Waals surface area contributed by atoms with Crippen molar-refractivity contribution in [2.75, 3.05) is 0 Å². The van der Waals surface area contributed by atoms with Gasteiger partial charge in [0.05, 0.1) is 23.1 Å². The Labute approximate surface area is 142 Å². The topological polar surface area (TPSA) is 86.6 Å². The normalized spacial score (nSPS) is 27.3. The number of rotatable bonds is 4. The summed E-state index contributed by atoms with van der Waals surface area (Å²) in [6, 6.07) is 14.9. The molecule has 0 aliphatic heterocycles. The molecular formula is C18H21NO4S. The summed E-state index contributed by atoms with van der Waals surface area (Å²) >= 11 is 0. The highest BCUT2D eigenvalue weighted by Crippen LogP contribution is 2.37. The second-order valence-electron chi connectivity index (χ2n) is 6.22. The van der Waals surface area contributed by atoms with Crippen LogP contribution in [0.15, 0.2) is 59.5 Å². The quantitative estimate of drug-likeness (QED) is 0.783. The summed E-state index contributed by atoms with van der Waals surface area (Å²) in [7, 11) is -3.77. The molecule has 1 aliphatic rings. The van der Waals surface area contributed by atoms with Gasteiger partial charge in [0.15, 0.2) is 0 Å². The van der Waals surface area contributed by atoms with Gasteiger partial charge in [0, 0.05) is 5.92 Å². The maximum absolute atomic E-state index is 12.6. The van der Waals surface area contributed by atoms with Crippen molar-refractivity contribution in [2.24, 2.45) is 0 Å². The van der Waals surface area contributed by atoms with Crippen molar-refractivity contribution in [1.29, 1.82) is 0 Å². The van der Waals surface area contributed by atoms with Crippen LogP contribution in [0.5, 0.6) is 0 Å². The van der Waals surface area contributed by atoms with Gasteiger partial charge < -0.3 is 10.2 Å². The highest BCUT2D eigenvalue weighted by molar-refractivity contribution is 7.89. The average molecular weight is 347 g/mol. The van der Waals surface area contributed by atoms with Crippen LogP contribution < -0.4 is 4.72 Å². The summed E-state index contributed by atoms with van der Waals surface area (Å²) in [5, 5.41) is 20.4. The molecule has 3 rings (SSSR count). The van der Waals surface area contributed by atoms with Crippen LogP contribution in [-0.2, 0) is 10.0 Å². The molecule has 0 saturated heterocycles. The fourth-order valence-corrected chi connectivity index (χ4v) is 4.66. The van der Waals surface area contributed by atoms with E-state index in [2.05, 4.69) is 4.72 Å². The molecule has 4 atom stereocenters. The molecule has 0 aromatic heterocycles. The standard InChI is InChI=1S/C18H21NO4S/c1-12-7-5-6-10-14(12)15-11-16(20)18(21)17(15)19-24(22,23)13-8-3-2-4-9-13/h2-10,15-21H,11H2,1H3/t15-,16-,17-,18-/m1/s1. The summed E-state index contributed by atoms with van der Waals surface area (Å²) in [6.45, 7) is 1.94. The molecule has 1 fully saturated rings. The summed E-state index contributed by atoms with van der Waals surface area (Å²) in [6.07, 6.45) is -1.79. The van der Waals surface area contributed by atoms with Gasteiger partial charge >= 0.3 is 0 Å². The van der Waals surface area contributed by atoms with Crippen LogP contribution in [0.1, 0.15) is 23.5 Å². The molecule has 5 nitrogen and oxygen atoms in total. The molecule has 0 bridgehead atoms. The molecule has 128 valence electrons. The Balaban J connectivity index is 1.93. The predicted molar refractivity (Wildman–Crippen MR) is 91.1 cm³/mol. The van der Waals surface area contributed by atoms with Crippen molar-refractivity contribution in [3.05, 3.63) is 65.7 Å². The smallest absolute Gasteiger partial charge is 0.240 e. The molecule has 0 amide bonds. The first-order valence-electron chi connectivity index (χ1n) is 7.89.